The van der Waals surface area contributed by atoms with Crippen LogP contribution in [-0.2, 0) is 16.1 Å². The van der Waals surface area contributed by atoms with Crippen LogP contribution in [0.4, 0.5) is 0 Å². The Balaban J connectivity index is 1.73. The van der Waals surface area contributed by atoms with Gasteiger partial charge in [0.05, 0.1) is 31.4 Å². The molecule has 0 aliphatic carbocycles. The summed E-state index contributed by atoms with van der Waals surface area (Å²) in [5.41, 5.74) is 3.04. The van der Waals surface area contributed by atoms with Gasteiger partial charge >= 0.3 is 0 Å². The molecular weight excluding hydrogens is 332 g/mol. The molecule has 1 aliphatic rings. The maximum atomic E-state index is 12.6. The number of methoxy groups -OCH3 is 1. The molecular formula is C19H24N4O3. The van der Waals surface area contributed by atoms with E-state index in [4.69, 9.17) is 4.74 Å². The Kier molecular flexibility index (Phi) is 5.55. The van der Waals surface area contributed by atoms with Crippen molar-refractivity contribution in [3.05, 3.63) is 47.5 Å². The van der Waals surface area contributed by atoms with E-state index in [2.05, 4.69) is 15.3 Å². The molecule has 0 saturated heterocycles. The highest BCUT2D eigenvalue weighted by Gasteiger charge is 2.31. The molecule has 26 heavy (non-hydrogen) atoms. The largest absolute Gasteiger partial charge is 0.497 e. The van der Waals surface area contributed by atoms with E-state index in [-0.39, 0.29) is 17.7 Å². The average Bonchev–Trinajstić information content (AvgIpc) is 3.12. The first-order chi connectivity index (χ1) is 12.6. The van der Waals surface area contributed by atoms with Crippen molar-refractivity contribution < 1.29 is 14.3 Å². The molecule has 2 N–H and O–H groups in total. The number of H-pyrrole nitrogens is 1. The van der Waals surface area contributed by atoms with Crippen molar-refractivity contribution in [1.29, 1.82) is 0 Å². The molecule has 2 amide bonds. The predicted octanol–water partition coefficient (Wildman–Crippen LogP) is 1.81. The Morgan fingerprint density at radius 3 is 3.04 bits per heavy atom. The number of benzene rings is 1. The summed E-state index contributed by atoms with van der Waals surface area (Å²) in [6, 6.07) is 7.89. The number of ether oxygens (including phenoxy) is 1. The minimum Gasteiger partial charge on any atom is -0.497 e. The Hall–Kier alpha value is -2.83. The van der Waals surface area contributed by atoms with Crippen LogP contribution in [0.1, 0.15) is 42.6 Å². The number of hydrogen-bond acceptors (Lipinski definition) is 4. The quantitative estimate of drug-likeness (QED) is 0.773. The summed E-state index contributed by atoms with van der Waals surface area (Å²) < 4.78 is 5.33. The van der Waals surface area contributed by atoms with Crippen LogP contribution in [0, 0.1) is 0 Å². The van der Waals surface area contributed by atoms with Crippen molar-refractivity contribution >= 4 is 11.8 Å². The number of rotatable bonds is 6. The Morgan fingerprint density at radius 1 is 1.42 bits per heavy atom. The number of nitrogens with one attached hydrogen (secondary N) is 2. The zero-order valence-electron chi connectivity index (χ0n) is 15.1. The molecule has 0 radical (unpaired) electrons. The van der Waals surface area contributed by atoms with Crippen LogP contribution in [-0.4, -0.2) is 46.9 Å². The number of amides is 2. The first-order valence-electron chi connectivity index (χ1n) is 8.76. The summed E-state index contributed by atoms with van der Waals surface area (Å²) in [5.74, 6) is 0.817. The smallest absolute Gasteiger partial charge is 0.223 e. The van der Waals surface area contributed by atoms with Crippen molar-refractivity contribution in [2.45, 2.75) is 32.2 Å². The molecule has 1 atom stereocenters. The van der Waals surface area contributed by atoms with Gasteiger partial charge < -0.3 is 19.9 Å². The van der Waals surface area contributed by atoms with Gasteiger partial charge in [0, 0.05) is 32.4 Å². The molecule has 1 unspecified atom stereocenters. The van der Waals surface area contributed by atoms with Crippen LogP contribution in [0.2, 0.25) is 0 Å². The van der Waals surface area contributed by atoms with Crippen molar-refractivity contribution in [2.75, 3.05) is 20.2 Å². The summed E-state index contributed by atoms with van der Waals surface area (Å²) in [4.78, 5) is 33.0. The monoisotopic (exact) mass is 356 g/mol. The number of fused-ring (bicyclic) bond motifs is 1. The summed E-state index contributed by atoms with van der Waals surface area (Å²) in [6.07, 6.45) is 2.73. The van der Waals surface area contributed by atoms with Crippen molar-refractivity contribution in [1.82, 2.24) is 20.2 Å². The SMILES string of the molecule is COc1cccc(C2CN(C(=O)CCCNC(C)=O)Cc3[nH]cnc32)c1. The van der Waals surface area contributed by atoms with Gasteiger partial charge in [0.1, 0.15) is 5.75 Å². The van der Waals surface area contributed by atoms with Crippen LogP contribution in [0.25, 0.3) is 0 Å². The Labute approximate surface area is 152 Å². The third-order valence-corrected chi connectivity index (χ3v) is 4.62. The third-order valence-electron chi connectivity index (χ3n) is 4.62. The van der Waals surface area contributed by atoms with E-state index in [0.717, 1.165) is 22.7 Å². The fourth-order valence-electron chi connectivity index (χ4n) is 3.29. The first kappa shape index (κ1) is 18.0. The van der Waals surface area contributed by atoms with Crippen LogP contribution in [0.15, 0.2) is 30.6 Å². The van der Waals surface area contributed by atoms with E-state index in [0.29, 0.717) is 32.5 Å². The lowest BCUT2D eigenvalue weighted by Gasteiger charge is -2.32. The molecule has 138 valence electrons. The van der Waals surface area contributed by atoms with E-state index >= 15 is 0 Å². The maximum absolute atomic E-state index is 12.6. The molecule has 7 heteroatoms. The fourth-order valence-corrected chi connectivity index (χ4v) is 3.29. The standard InChI is InChI=1S/C19H24N4O3/c1-13(24)20-8-4-7-18(25)23-10-16(19-17(11-23)21-12-22-19)14-5-3-6-15(9-14)26-2/h3,5-6,9,12,16H,4,7-8,10-11H2,1-2H3,(H,20,24)(H,21,22). The molecule has 0 spiro atoms. The van der Waals surface area contributed by atoms with Crippen LogP contribution < -0.4 is 10.1 Å². The van der Waals surface area contributed by atoms with Gasteiger partial charge in [0.25, 0.3) is 0 Å². The molecule has 0 fully saturated rings. The van der Waals surface area contributed by atoms with Gasteiger partial charge in [-0.05, 0) is 24.1 Å². The summed E-state index contributed by atoms with van der Waals surface area (Å²) in [7, 11) is 1.64. The predicted molar refractivity (Wildman–Crippen MR) is 96.8 cm³/mol. The number of aromatic nitrogens is 2. The third kappa shape index (κ3) is 4.04. The van der Waals surface area contributed by atoms with Crippen LogP contribution >= 0.6 is 0 Å². The van der Waals surface area contributed by atoms with Crippen LogP contribution in [0.5, 0.6) is 5.75 Å². The van der Waals surface area contributed by atoms with Crippen LogP contribution in [0.3, 0.4) is 0 Å². The second kappa shape index (κ2) is 8.03. The number of aromatic amines is 1. The summed E-state index contributed by atoms with van der Waals surface area (Å²) in [5, 5.41) is 2.72. The van der Waals surface area contributed by atoms with E-state index in [1.165, 1.54) is 6.92 Å². The maximum Gasteiger partial charge on any atom is 0.223 e. The van der Waals surface area contributed by atoms with Gasteiger partial charge in [-0.1, -0.05) is 12.1 Å². The van der Waals surface area contributed by atoms with Gasteiger partial charge in [-0.15, -0.1) is 0 Å². The molecule has 3 rings (SSSR count). The van der Waals surface area contributed by atoms with E-state index < -0.39 is 0 Å². The molecule has 7 nitrogen and oxygen atoms in total. The first-order valence-corrected chi connectivity index (χ1v) is 8.76. The highest BCUT2D eigenvalue weighted by Crippen LogP contribution is 2.33. The second-order valence-electron chi connectivity index (χ2n) is 6.46. The van der Waals surface area contributed by atoms with Gasteiger partial charge in [-0.3, -0.25) is 9.59 Å². The fraction of sp³-hybridized carbons (Fsp3) is 0.421. The van der Waals surface area contributed by atoms with Gasteiger partial charge in [0.2, 0.25) is 11.8 Å². The molecule has 2 heterocycles. The summed E-state index contributed by atoms with van der Waals surface area (Å²) >= 11 is 0. The lowest BCUT2D eigenvalue weighted by Crippen LogP contribution is -2.39. The minimum atomic E-state index is -0.0735. The number of carbonyl (C=O) groups is 2. The lowest BCUT2D eigenvalue weighted by atomic mass is 9.90. The van der Waals surface area contributed by atoms with Crippen molar-refractivity contribution in [3.8, 4) is 5.75 Å². The average molecular weight is 356 g/mol. The topological polar surface area (TPSA) is 87.3 Å². The molecule has 0 bridgehead atoms. The van der Waals surface area contributed by atoms with E-state index in [1.54, 1.807) is 13.4 Å². The zero-order chi connectivity index (χ0) is 18.5. The van der Waals surface area contributed by atoms with Gasteiger partial charge in [-0.2, -0.15) is 0 Å². The number of carbonyl (C=O) groups excluding carboxylic acids is 2. The summed E-state index contributed by atoms with van der Waals surface area (Å²) in [6.45, 7) is 3.12. The number of hydrogen-bond donors (Lipinski definition) is 2. The van der Waals surface area contributed by atoms with E-state index in [9.17, 15) is 9.59 Å². The molecule has 1 aromatic heterocycles. The Bertz CT molecular complexity index is 787. The number of nitrogens with zero attached hydrogens (tertiary/aromatic N) is 2. The highest BCUT2D eigenvalue weighted by atomic mass is 16.5. The highest BCUT2D eigenvalue weighted by molar-refractivity contribution is 5.77. The normalized spacial score (nSPS) is 16.1. The van der Waals surface area contributed by atoms with Crippen molar-refractivity contribution in [2.24, 2.45) is 0 Å². The van der Waals surface area contributed by atoms with Crippen molar-refractivity contribution in [3.63, 3.8) is 0 Å². The second-order valence-corrected chi connectivity index (χ2v) is 6.46. The molecule has 1 aromatic carbocycles. The molecule has 2 aromatic rings. The van der Waals surface area contributed by atoms with E-state index in [1.807, 2.05) is 29.2 Å². The van der Waals surface area contributed by atoms with Gasteiger partial charge in [-0.25, -0.2) is 4.98 Å². The zero-order valence-corrected chi connectivity index (χ0v) is 15.1. The minimum absolute atomic E-state index is 0.0133. The lowest BCUT2D eigenvalue weighted by molar-refractivity contribution is -0.132. The molecule has 0 saturated carbocycles. The molecule has 1 aliphatic heterocycles. The van der Waals surface area contributed by atoms with Gasteiger partial charge in [0.15, 0.2) is 0 Å². The number of imidazole rings is 1. The Morgan fingerprint density at radius 2 is 2.27 bits per heavy atom.